The topological polar surface area (TPSA) is 0 Å². The molecule has 0 fully saturated rings. The van der Waals surface area contributed by atoms with Gasteiger partial charge >= 0.3 is 0 Å². The summed E-state index contributed by atoms with van der Waals surface area (Å²) in [5, 5.41) is 2.62. The van der Waals surface area contributed by atoms with Crippen molar-refractivity contribution in [1.29, 1.82) is 0 Å². The smallest absolute Gasteiger partial charge is 0.0177 e. The van der Waals surface area contributed by atoms with E-state index in [4.69, 9.17) is 23.6 Å². The summed E-state index contributed by atoms with van der Waals surface area (Å²) in [7, 11) is 0. The molecule has 0 bridgehead atoms. The monoisotopic (exact) mass is 338 g/mol. The van der Waals surface area contributed by atoms with Gasteiger partial charge in [0, 0.05) is 11.5 Å². The Kier molecular flexibility index (Phi) is 5.37. The third-order valence-corrected chi connectivity index (χ3v) is 23.6. The van der Waals surface area contributed by atoms with Gasteiger partial charge in [-0.15, -0.1) is 0 Å². The van der Waals surface area contributed by atoms with E-state index in [2.05, 4.69) is 74.5 Å². The lowest BCUT2D eigenvalue weighted by atomic mass is 10.4. The van der Waals surface area contributed by atoms with E-state index in [1.54, 1.807) is 0 Å². The largest absolute Gasteiger partial charge is 0.0867 e. The molecule has 0 heterocycles. The summed E-state index contributed by atoms with van der Waals surface area (Å²) in [5.41, 5.74) is -3.47. The van der Waals surface area contributed by atoms with Crippen molar-refractivity contribution in [2.24, 2.45) is 0 Å². The van der Waals surface area contributed by atoms with Crippen molar-refractivity contribution in [2.45, 2.75) is 13.8 Å². The Morgan fingerprint density at radius 3 is 1.20 bits per heavy atom. The van der Waals surface area contributed by atoms with Crippen molar-refractivity contribution in [1.82, 2.24) is 0 Å². The average molecular weight is 338 g/mol. The summed E-state index contributed by atoms with van der Waals surface area (Å²) in [6.45, 7) is 4.43. The Hall–Kier alpha value is -0.260. The highest BCUT2D eigenvalue weighted by atomic mass is 32.8. The Morgan fingerprint density at radius 2 is 0.950 bits per heavy atom. The van der Waals surface area contributed by atoms with Gasteiger partial charge in [-0.25, -0.2) is 0 Å². The second-order valence-electron chi connectivity index (χ2n) is 4.71. The van der Waals surface area contributed by atoms with E-state index in [1.165, 1.54) is 10.6 Å². The van der Waals surface area contributed by atoms with Gasteiger partial charge in [-0.1, -0.05) is 98.1 Å². The summed E-state index contributed by atoms with van der Waals surface area (Å²) < 4.78 is 0. The molecule has 0 unspecified atom stereocenters. The van der Waals surface area contributed by atoms with E-state index >= 15 is 0 Å². The molecule has 0 aliphatic heterocycles. The highest BCUT2D eigenvalue weighted by molar-refractivity contribution is 8.70. The number of hydrogen-bond donors (Lipinski definition) is 0. The fraction of sp³-hybridized carbons (Fsp3) is 0.250. The van der Waals surface area contributed by atoms with Crippen LogP contribution in [0, 0.1) is 0 Å². The van der Waals surface area contributed by atoms with Crippen molar-refractivity contribution in [2.75, 3.05) is 12.3 Å². The van der Waals surface area contributed by atoms with Crippen LogP contribution in [-0.4, -0.2) is 12.3 Å². The minimum absolute atomic E-state index is 1.01. The molecule has 0 nitrogen and oxygen atoms in total. The molecule has 2 aromatic carbocycles. The quantitative estimate of drug-likeness (QED) is 0.734. The first-order valence-electron chi connectivity index (χ1n) is 6.88. The molecule has 2 aromatic rings. The summed E-state index contributed by atoms with van der Waals surface area (Å²) in [5.74, 6) is 0. The average Bonchev–Trinajstić information content (AvgIpc) is 2.54. The second kappa shape index (κ2) is 6.67. The fourth-order valence-corrected chi connectivity index (χ4v) is 16.5. The van der Waals surface area contributed by atoms with E-state index in [0.717, 1.165) is 12.3 Å². The van der Waals surface area contributed by atoms with Gasteiger partial charge < -0.3 is 0 Å². The summed E-state index contributed by atoms with van der Waals surface area (Å²) in [4.78, 5) is 0. The molecule has 0 aliphatic carbocycles. The molecular weight excluding hydrogens is 318 g/mol. The molecule has 0 radical (unpaired) electrons. The minimum atomic E-state index is -1.74. The first-order chi connectivity index (χ1) is 9.58. The van der Waals surface area contributed by atoms with Crippen LogP contribution in [-0.2, 0) is 23.6 Å². The minimum Gasteiger partial charge on any atom is -0.0867 e. The van der Waals surface area contributed by atoms with Crippen LogP contribution in [0.3, 0.4) is 0 Å². The lowest BCUT2D eigenvalue weighted by molar-refractivity contribution is 1.49. The molecule has 20 heavy (non-hydrogen) atoms. The van der Waals surface area contributed by atoms with Crippen LogP contribution in [0.4, 0.5) is 0 Å². The van der Waals surface area contributed by atoms with Crippen LogP contribution in [0.5, 0.6) is 0 Å². The van der Waals surface area contributed by atoms with E-state index in [9.17, 15) is 0 Å². The van der Waals surface area contributed by atoms with E-state index < -0.39 is 11.5 Å². The summed E-state index contributed by atoms with van der Waals surface area (Å²) >= 11 is 12.5. The van der Waals surface area contributed by atoms with Crippen molar-refractivity contribution < 1.29 is 0 Å². The maximum Gasteiger partial charge on any atom is 0.0177 e. The standard InChI is InChI=1S/C16H20P2S2/c1-3-17(19,15-11-7-5-8-12-15)18(20,4-2)16-13-9-6-10-14-16/h5-14H,3-4H2,1-2H3/t17-,18+. The van der Waals surface area contributed by atoms with E-state index in [-0.39, 0.29) is 0 Å². The maximum atomic E-state index is 6.24. The normalized spacial score (nSPS) is 17.1. The van der Waals surface area contributed by atoms with Gasteiger partial charge in [-0.3, -0.25) is 0 Å². The highest BCUT2D eigenvalue weighted by Crippen LogP contribution is 2.79. The van der Waals surface area contributed by atoms with Crippen LogP contribution in [0.25, 0.3) is 0 Å². The molecule has 2 atom stereocenters. The van der Waals surface area contributed by atoms with Gasteiger partial charge in [0.25, 0.3) is 0 Å². The molecule has 0 saturated heterocycles. The lowest BCUT2D eigenvalue weighted by Gasteiger charge is -2.34. The molecule has 0 saturated carbocycles. The molecule has 0 aliphatic rings. The fourth-order valence-electron chi connectivity index (χ4n) is 2.52. The number of hydrogen-bond acceptors (Lipinski definition) is 2. The first-order valence-corrected chi connectivity index (χ1v) is 13.6. The van der Waals surface area contributed by atoms with Crippen LogP contribution in [0.2, 0.25) is 0 Å². The second-order valence-corrected chi connectivity index (χ2v) is 19.3. The van der Waals surface area contributed by atoms with Crippen molar-refractivity contribution >= 4 is 45.7 Å². The molecule has 2 rings (SSSR count). The molecular formula is C16H20P2S2. The van der Waals surface area contributed by atoms with Crippen LogP contribution < -0.4 is 10.6 Å². The van der Waals surface area contributed by atoms with Crippen molar-refractivity contribution in [3.05, 3.63) is 60.7 Å². The SMILES string of the molecule is CC[P@@](=S)(c1ccccc1)[P@](=S)(CC)c1ccccc1. The first kappa shape index (κ1) is 16.1. The zero-order chi connectivity index (χ0) is 14.6. The highest BCUT2D eigenvalue weighted by Gasteiger charge is 2.34. The molecule has 4 heteroatoms. The molecule has 0 aromatic heterocycles. The third kappa shape index (κ3) is 2.72. The Bertz CT molecular complexity index is 591. The Morgan fingerprint density at radius 1 is 0.650 bits per heavy atom. The predicted octanol–water partition coefficient (Wildman–Crippen LogP) is 4.55. The zero-order valence-electron chi connectivity index (χ0n) is 11.9. The van der Waals surface area contributed by atoms with Gasteiger partial charge in [0.2, 0.25) is 0 Å². The Labute approximate surface area is 132 Å². The lowest BCUT2D eigenvalue weighted by Crippen LogP contribution is -2.14. The molecule has 106 valence electrons. The molecule has 0 spiro atoms. The summed E-state index contributed by atoms with van der Waals surface area (Å²) in [6.07, 6.45) is 2.01. The van der Waals surface area contributed by atoms with Gasteiger partial charge in [-0.2, -0.15) is 0 Å². The van der Waals surface area contributed by atoms with Crippen LogP contribution in [0.1, 0.15) is 13.8 Å². The molecule has 0 amide bonds. The van der Waals surface area contributed by atoms with Crippen molar-refractivity contribution in [3.8, 4) is 0 Å². The van der Waals surface area contributed by atoms with Gasteiger partial charge in [0.1, 0.15) is 0 Å². The zero-order valence-corrected chi connectivity index (χ0v) is 15.3. The van der Waals surface area contributed by atoms with Gasteiger partial charge in [-0.05, 0) is 22.9 Å². The van der Waals surface area contributed by atoms with E-state index in [1.807, 2.05) is 0 Å². The maximum absolute atomic E-state index is 6.24. The Balaban J connectivity index is 2.65. The van der Waals surface area contributed by atoms with Crippen LogP contribution >= 0.6 is 11.5 Å². The third-order valence-electron chi connectivity index (χ3n) is 3.70. The number of rotatable bonds is 5. The van der Waals surface area contributed by atoms with Gasteiger partial charge in [0.15, 0.2) is 0 Å². The van der Waals surface area contributed by atoms with Crippen LogP contribution in [0.15, 0.2) is 60.7 Å². The summed E-state index contributed by atoms with van der Waals surface area (Å²) in [6, 6.07) is 21.2. The van der Waals surface area contributed by atoms with Crippen molar-refractivity contribution in [3.63, 3.8) is 0 Å². The van der Waals surface area contributed by atoms with Gasteiger partial charge in [0.05, 0.1) is 0 Å². The van der Waals surface area contributed by atoms with E-state index in [0.29, 0.717) is 0 Å². The molecule has 0 N–H and O–H groups in total. The number of benzene rings is 2. The predicted molar refractivity (Wildman–Crippen MR) is 102 cm³/mol.